The van der Waals surface area contributed by atoms with Gasteiger partial charge in [0.2, 0.25) is 12.2 Å². The summed E-state index contributed by atoms with van der Waals surface area (Å²) >= 11 is 0. The van der Waals surface area contributed by atoms with Crippen molar-refractivity contribution in [1.29, 1.82) is 0 Å². The topological polar surface area (TPSA) is 58.9 Å². The zero-order chi connectivity index (χ0) is 17.0. The van der Waals surface area contributed by atoms with Crippen molar-refractivity contribution in [2.75, 3.05) is 0 Å². The third kappa shape index (κ3) is 3.35. The number of nitrogens with zero attached hydrogens (tertiary/aromatic N) is 2. The molecule has 0 N–H and O–H groups in total. The summed E-state index contributed by atoms with van der Waals surface area (Å²) in [7, 11) is 0. The van der Waals surface area contributed by atoms with E-state index < -0.39 is 0 Å². The van der Waals surface area contributed by atoms with Gasteiger partial charge in [-0.15, -0.1) is 0 Å². The molecule has 0 fully saturated rings. The quantitative estimate of drug-likeness (QED) is 0.619. The lowest BCUT2D eigenvalue weighted by atomic mass is 9.93. The Balaban J connectivity index is 2.52. The lowest BCUT2D eigenvalue weighted by Gasteiger charge is -2.14. The molecule has 0 aromatic heterocycles. The van der Waals surface area contributed by atoms with Crippen molar-refractivity contribution in [1.82, 2.24) is 0 Å². The molecule has 0 radical (unpaired) electrons. The van der Waals surface area contributed by atoms with Gasteiger partial charge in [-0.25, -0.2) is 9.59 Å². The van der Waals surface area contributed by atoms with Crippen LogP contribution in [0.1, 0.15) is 33.4 Å². The molecule has 2 aromatic carbocycles. The van der Waals surface area contributed by atoms with Gasteiger partial charge in [0, 0.05) is 0 Å². The first-order valence-corrected chi connectivity index (χ1v) is 7.33. The summed E-state index contributed by atoms with van der Waals surface area (Å²) in [5.41, 5.74) is 7.34. The Morgan fingerprint density at radius 1 is 0.739 bits per heavy atom. The average Bonchev–Trinajstić information content (AvgIpc) is 2.53. The Hall–Kier alpha value is -2.80. The second-order valence-electron chi connectivity index (χ2n) is 5.61. The highest BCUT2D eigenvalue weighted by Gasteiger charge is 2.11. The number of aryl methyl sites for hydroxylation is 2. The van der Waals surface area contributed by atoms with E-state index in [-0.39, 0.29) is 0 Å². The van der Waals surface area contributed by atoms with E-state index in [4.69, 9.17) is 0 Å². The van der Waals surface area contributed by atoms with Gasteiger partial charge >= 0.3 is 0 Å². The van der Waals surface area contributed by atoms with Crippen molar-refractivity contribution in [3.8, 4) is 0 Å². The van der Waals surface area contributed by atoms with Crippen molar-refractivity contribution in [2.45, 2.75) is 34.1 Å². The third-order valence-corrected chi connectivity index (χ3v) is 4.19. The van der Waals surface area contributed by atoms with E-state index in [0.717, 1.165) is 33.4 Å². The summed E-state index contributed by atoms with van der Waals surface area (Å²) < 4.78 is 0. The monoisotopic (exact) mass is 306 g/mol. The summed E-state index contributed by atoms with van der Waals surface area (Å²) in [6.45, 7) is 7.74. The maximum absolute atomic E-state index is 10.6. The molecule has 0 aliphatic carbocycles. The first-order valence-electron chi connectivity index (χ1n) is 7.33. The van der Waals surface area contributed by atoms with Crippen LogP contribution in [0.5, 0.6) is 0 Å². The second kappa shape index (κ2) is 6.97. The van der Waals surface area contributed by atoms with Gasteiger partial charge in [-0.05, 0) is 67.5 Å². The van der Waals surface area contributed by atoms with Gasteiger partial charge in [0.25, 0.3) is 0 Å². The minimum absolute atomic E-state index is 0.674. The molecule has 4 nitrogen and oxygen atoms in total. The minimum Gasteiger partial charge on any atom is -0.211 e. The summed E-state index contributed by atoms with van der Waals surface area (Å²) in [6, 6.07) is 7.98. The molecule has 0 aliphatic rings. The molecule has 0 atom stereocenters. The molecule has 2 aromatic rings. The van der Waals surface area contributed by atoms with Crippen molar-refractivity contribution < 1.29 is 9.59 Å². The van der Waals surface area contributed by atoms with E-state index in [2.05, 4.69) is 9.98 Å². The largest absolute Gasteiger partial charge is 0.240 e. The second-order valence-corrected chi connectivity index (χ2v) is 5.61. The van der Waals surface area contributed by atoms with Crippen LogP contribution in [0.4, 0.5) is 11.4 Å². The highest BCUT2D eigenvalue weighted by Crippen LogP contribution is 2.31. The molecule has 2 rings (SSSR count). The predicted octanol–water partition coefficient (Wildman–Crippen LogP) is 4.45. The zero-order valence-corrected chi connectivity index (χ0v) is 13.7. The van der Waals surface area contributed by atoms with Crippen LogP contribution in [0, 0.1) is 27.7 Å². The van der Waals surface area contributed by atoms with Gasteiger partial charge < -0.3 is 0 Å². The molecule has 0 heterocycles. The third-order valence-electron chi connectivity index (χ3n) is 4.19. The van der Waals surface area contributed by atoms with Crippen molar-refractivity contribution in [2.24, 2.45) is 9.98 Å². The first-order chi connectivity index (χ1) is 11.0. The van der Waals surface area contributed by atoms with Gasteiger partial charge in [-0.3, -0.25) is 0 Å². The Morgan fingerprint density at radius 3 is 1.48 bits per heavy atom. The number of hydrogen-bond donors (Lipinski definition) is 0. The van der Waals surface area contributed by atoms with Crippen LogP contribution in [0.3, 0.4) is 0 Å². The Labute approximate surface area is 135 Å². The number of carbonyl (C=O) groups excluding carboxylic acids is 2. The smallest absolute Gasteiger partial charge is 0.211 e. The fraction of sp³-hybridized carbons (Fsp3) is 0.263. The van der Waals surface area contributed by atoms with Crippen molar-refractivity contribution in [3.63, 3.8) is 0 Å². The summed E-state index contributed by atoms with van der Waals surface area (Å²) in [4.78, 5) is 28.9. The molecule has 0 spiro atoms. The fourth-order valence-corrected chi connectivity index (χ4v) is 2.78. The van der Waals surface area contributed by atoms with Crippen molar-refractivity contribution in [3.05, 3.63) is 57.6 Å². The molecule has 0 saturated carbocycles. The minimum atomic E-state index is 0.674. The first kappa shape index (κ1) is 16.6. The average molecular weight is 306 g/mol. The van der Waals surface area contributed by atoms with Crippen LogP contribution in [-0.4, -0.2) is 12.2 Å². The zero-order valence-electron chi connectivity index (χ0n) is 13.7. The standard InChI is InChI=1S/C19H18N2O2/c1-12-5-7-16(14(3)18(12)20-10-22)9-17-8-6-13(2)19(15(17)4)21-11-23/h5-8H,9H2,1-4H3. The van der Waals surface area contributed by atoms with Crippen LogP contribution >= 0.6 is 0 Å². The lowest BCUT2D eigenvalue weighted by Crippen LogP contribution is -1.97. The predicted molar refractivity (Wildman–Crippen MR) is 90.2 cm³/mol. The number of isocyanates is 2. The van der Waals surface area contributed by atoms with Gasteiger partial charge in [0.15, 0.2) is 0 Å². The number of aliphatic imine (C=N–C) groups is 2. The van der Waals surface area contributed by atoms with E-state index in [0.29, 0.717) is 17.8 Å². The maximum atomic E-state index is 10.6. The molecule has 23 heavy (non-hydrogen) atoms. The van der Waals surface area contributed by atoms with Gasteiger partial charge in [-0.2, -0.15) is 9.98 Å². The molecule has 0 aliphatic heterocycles. The van der Waals surface area contributed by atoms with E-state index >= 15 is 0 Å². The van der Waals surface area contributed by atoms with Gasteiger partial charge in [0.05, 0.1) is 11.4 Å². The van der Waals surface area contributed by atoms with Gasteiger partial charge in [0.1, 0.15) is 0 Å². The van der Waals surface area contributed by atoms with Crippen LogP contribution in [0.2, 0.25) is 0 Å². The van der Waals surface area contributed by atoms with Gasteiger partial charge in [-0.1, -0.05) is 24.3 Å². The molecule has 4 heteroatoms. The summed E-state index contributed by atoms with van der Waals surface area (Å²) in [6.07, 6.45) is 3.92. The molecular weight excluding hydrogens is 288 g/mol. The Morgan fingerprint density at radius 2 is 1.13 bits per heavy atom. The lowest BCUT2D eigenvalue weighted by molar-refractivity contribution is 0.564. The number of benzene rings is 2. The number of rotatable bonds is 4. The number of hydrogen-bond acceptors (Lipinski definition) is 4. The van der Waals surface area contributed by atoms with Crippen LogP contribution in [0.15, 0.2) is 34.3 Å². The Bertz CT molecular complexity index is 785. The van der Waals surface area contributed by atoms with E-state index in [1.54, 1.807) is 12.2 Å². The maximum Gasteiger partial charge on any atom is 0.240 e. The van der Waals surface area contributed by atoms with E-state index in [1.807, 2.05) is 52.0 Å². The molecular formula is C19H18N2O2. The normalized spacial score (nSPS) is 9.91. The van der Waals surface area contributed by atoms with Crippen molar-refractivity contribution >= 4 is 23.5 Å². The molecule has 116 valence electrons. The molecule has 0 saturated heterocycles. The van der Waals surface area contributed by atoms with Crippen LogP contribution < -0.4 is 0 Å². The van der Waals surface area contributed by atoms with Crippen LogP contribution in [0.25, 0.3) is 0 Å². The summed E-state index contributed by atoms with van der Waals surface area (Å²) in [5.74, 6) is 0. The highest BCUT2D eigenvalue weighted by molar-refractivity contribution is 5.63. The van der Waals surface area contributed by atoms with E-state index in [9.17, 15) is 9.59 Å². The van der Waals surface area contributed by atoms with Crippen LogP contribution in [-0.2, 0) is 16.0 Å². The molecule has 0 amide bonds. The van der Waals surface area contributed by atoms with E-state index in [1.165, 1.54) is 0 Å². The molecule has 0 bridgehead atoms. The fourth-order valence-electron chi connectivity index (χ4n) is 2.78. The molecule has 0 unspecified atom stereocenters. The Kier molecular flexibility index (Phi) is 5.02. The SMILES string of the molecule is Cc1ccc(Cc2ccc(C)c(N=C=O)c2C)c(C)c1N=C=O. The highest BCUT2D eigenvalue weighted by atomic mass is 16.1. The summed E-state index contributed by atoms with van der Waals surface area (Å²) in [5, 5.41) is 0.